The Morgan fingerprint density at radius 2 is 1.76 bits per heavy atom. The minimum Gasteiger partial charge on any atom is -0.507 e. The van der Waals surface area contributed by atoms with Gasteiger partial charge >= 0.3 is 0 Å². The number of rotatable bonds is 2. The third kappa shape index (κ3) is 2.65. The van der Waals surface area contributed by atoms with E-state index in [1.54, 1.807) is 6.21 Å². The summed E-state index contributed by atoms with van der Waals surface area (Å²) in [5, 5.41) is 12.2. The molecule has 0 aromatic heterocycles. The van der Waals surface area contributed by atoms with Crippen LogP contribution in [-0.2, 0) is 0 Å². The average molecular weight is 275 g/mol. The number of aryl methyl sites for hydroxylation is 2. The molecule has 0 amide bonds. The molecular weight excluding hydrogens is 258 g/mol. The van der Waals surface area contributed by atoms with Crippen LogP contribution in [0.25, 0.3) is 10.8 Å². The summed E-state index contributed by atoms with van der Waals surface area (Å²) in [6.45, 7) is 4.08. The molecule has 21 heavy (non-hydrogen) atoms. The Labute approximate surface area is 124 Å². The van der Waals surface area contributed by atoms with Gasteiger partial charge in [-0.25, -0.2) is 0 Å². The molecule has 0 atom stereocenters. The van der Waals surface area contributed by atoms with Crippen molar-refractivity contribution in [1.29, 1.82) is 0 Å². The molecule has 3 aromatic rings. The SMILES string of the molecule is Cc1ccc(C)c(N=Cc2ccc3ccccc3c2O)c1. The molecule has 1 N–H and O–H groups in total. The largest absolute Gasteiger partial charge is 0.507 e. The number of phenolic OH excluding ortho intramolecular Hbond substituents is 1. The molecule has 3 rings (SSSR count). The quantitative estimate of drug-likeness (QED) is 0.662. The maximum absolute atomic E-state index is 10.4. The number of aliphatic imine (C=N–C) groups is 1. The lowest BCUT2D eigenvalue weighted by Crippen LogP contribution is -1.85. The molecule has 104 valence electrons. The standard InChI is InChI=1S/C19H17NO/c1-13-7-8-14(2)18(11-13)20-12-16-10-9-15-5-3-4-6-17(15)19(16)21/h3-12,21H,1-2H3. The van der Waals surface area contributed by atoms with Crippen LogP contribution in [0.1, 0.15) is 16.7 Å². The first kappa shape index (κ1) is 13.4. The molecule has 0 aliphatic carbocycles. The lowest BCUT2D eigenvalue weighted by molar-refractivity contribution is 0.481. The normalized spacial score (nSPS) is 11.3. The number of benzene rings is 3. The van der Waals surface area contributed by atoms with E-state index in [9.17, 15) is 5.11 Å². The summed E-state index contributed by atoms with van der Waals surface area (Å²) in [6, 6.07) is 17.9. The summed E-state index contributed by atoms with van der Waals surface area (Å²) in [6.07, 6.45) is 1.73. The van der Waals surface area contributed by atoms with Crippen molar-refractivity contribution in [3.63, 3.8) is 0 Å². The predicted octanol–water partition coefficient (Wildman–Crippen LogP) is 4.91. The number of nitrogens with zero attached hydrogens (tertiary/aromatic N) is 1. The maximum atomic E-state index is 10.4. The zero-order valence-corrected chi connectivity index (χ0v) is 12.2. The molecule has 0 heterocycles. The second-order valence-corrected chi connectivity index (χ2v) is 5.27. The van der Waals surface area contributed by atoms with E-state index in [1.807, 2.05) is 56.3 Å². The highest BCUT2D eigenvalue weighted by Crippen LogP contribution is 2.28. The van der Waals surface area contributed by atoms with E-state index < -0.39 is 0 Å². The zero-order chi connectivity index (χ0) is 14.8. The van der Waals surface area contributed by atoms with E-state index >= 15 is 0 Å². The Morgan fingerprint density at radius 3 is 2.62 bits per heavy atom. The Kier molecular flexibility index (Phi) is 3.44. The van der Waals surface area contributed by atoms with Crippen LogP contribution in [0.15, 0.2) is 59.6 Å². The minimum absolute atomic E-state index is 0.280. The molecule has 0 aliphatic heterocycles. The topological polar surface area (TPSA) is 32.6 Å². The van der Waals surface area contributed by atoms with Gasteiger partial charge in [-0.1, -0.05) is 42.5 Å². The van der Waals surface area contributed by atoms with Crippen LogP contribution >= 0.6 is 0 Å². The van der Waals surface area contributed by atoms with Crippen LogP contribution in [0.3, 0.4) is 0 Å². The zero-order valence-electron chi connectivity index (χ0n) is 12.2. The number of hydrogen-bond donors (Lipinski definition) is 1. The van der Waals surface area contributed by atoms with Crippen molar-refractivity contribution in [2.24, 2.45) is 4.99 Å². The van der Waals surface area contributed by atoms with E-state index in [0.29, 0.717) is 0 Å². The van der Waals surface area contributed by atoms with Gasteiger partial charge in [0.1, 0.15) is 5.75 Å². The molecule has 0 saturated carbocycles. The van der Waals surface area contributed by atoms with Gasteiger partial charge in [-0.15, -0.1) is 0 Å². The molecule has 0 radical (unpaired) electrons. The number of aromatic hydroxyl groups is 1. The van der Waals surface area contributed by atoms with Gasteiger partial charge in [-0.2, -0.15) is 0 Å². The summed E-state index contributed by atoms with van der Waals surface area (Å²) >= 11 is 0. The van der Waals surface area contributed by atoms with Crippen LogP contribution in [0, 0.1) is 13.8 Å². The first-order valence-corrected chi connectivity index (χ1v) is 6.97. The molecule has 0 unspecified atom stereocenters. The number of hydrogen-bond acceptors (Lipinski definition) is 2. The Morgan fingerprint density at radius 1 is 0.952 bits per heavy atom. The van der Waals surface area contributed by atoms with Crippen LogP contribution in [0.4, 0.5) is 5.69 Å². The highest BCUT2D eigenvalue weighted by atomic mass is 16.3. The molecule has 0 spiro atoms. The van der Waals surface area contributed by atoms with Gasteiger partial charge in [0.25, 0.3) is 0 Å². The first-order chi connectivity index (χ1) is 10.1. The molecule has 2 nitrogen and oxygen atoms in total. The van der Waals surface area contributed by atoms with E-state index in [2.05, 4.69) is 17.1 Å². The number of fused-ring (bicyclic) bond motifs is 1. The fourth-order valence-corrected chi connectivity index (χ4v) is 2.37. The van der Waals surface area contributed by atoms with Gasteiger partial charge in [-0.3, -0.25) is 4.99 Å². The van der Waals surface area contributed by atoms with Crippen molar-refractivity contribution >= 4 is 22.7 Å². The second kappa shape index (κ2) is 5.41. The third-order valence-electron chi connectivity index (χ3n) is 3.64. The second-order valence-electron chi connectivity index (χ2n) is 5.27. The van der Waals surface area contributed by atoms with Gasteiger partial charge in [0.2, 0.25) is 0 Å². The van der Waals surface area contributed by atoms with Gasteiger partial charge in [0.15, 0.2) is 0 Å². The van der Waals surface area contributed by atoms with Crippen molar-refractivity contribution in [3.05, 3.63) is 71.3 Å². The third-order valence-corrected chi connectivity index (χ3v) is 3.64. The monoisotopic (exact) mass is 275 g/mol. The molecule has 2 heteroatoms. The molecule has 0 bridgehead atoms. The van der Waals surface area contributed by atoms with Gasteiger partial charge in [0.05, 0.1) is 5.69 Å². The Bertz CT molecular complexity index is 834. The van der Waals surface area contributed by atoms with E-state index in [4.69, 9.17) is 0 Å². The molecule has 3 aromatic carbocycles. The number of phenols is 1. The Balaban J connectivity index is 2.03. The highest BCUT2D eigenvalue weighted by molar-refractivity contribution is 5.97. The van der Waals surface area contributed by atoms with Crippen LogP contribution < -0.4 is 0 Å². The highest BCUT2D eigenvalue weighted by Gasteiger charge is 2.04. The van der Waals surface area contributed by atoms with Gasteiger partial charge < -0.3 is 5.11 Å². The van der Waals surface area contributed by atoms with E-state index in [0.717, 1.165) is 27.6 Å². The fourth-order valence-electron chi connectivity index (χ4n) is 2.37. The van der Waals surface area contributed by atoms with Crippen LogP contribution in [0.2, 0.25) is 0 Å². The smallest absolute Gasteiger partial charge is 0.132 e. The van der Waals surface area contributed by atoms with Crippen LogP contribution in [-0.4, -0.2) is 11.3 Å². The fraction of sp³-hybridized carbons (Fsp3) is 0.105. The summed E-state index contributed by atoms with van der Waals surface area (Å²) in [4.78, 5) is 4.52. The molecule has 0 fully saturated rings. The summed E-state index contributed by atoms with van der Waals surface area (Å²) in [5.41, 5.74) is 3.96. The van der Waals surface area contributed by atoms with Crippen molar-refractivity contribution in [3.8, 4) is 5.75 Å². The van der Waals surface area contributed by atoms with Crippen molar-refractivity contribution in [2.75, 3.05) is 0 Å². The lowest BCUT2D eigenvalue weighted by atomic mass is 10.1. The molecular formula is C19H17NO. The van der Waals surface area contributed by atoms with Crippen molar-refractivity contribution in [1.82, 2.24) is 0 Å². The molecule has 0 saturated heterocycles. The molecule has 0 aliphatic rings. The lowest BCUT2D eigenvalue weighted by Gasteiger charge is -2.05. The summed E-state index contributed by atoms with van der Waals surface area (Å²) in [5.74, 6) is 0.280. The average Bonchev–Trinajstić information content (AvgIpc) is 2.50. The minimum atomic E-state index is 0.280. The van der Waals surface area contributed by atoms with Gasteiger partial charge in [0, 0.05) is 17.2 Å². The maximum Gasteiger partial charge on any atom is 0.132 e. The summed E-state index contributed by atoms with van der Waals surface area (Å²) < 4.78 is 0. The van der Waals surface area contributed by atoms with Crippen molar-refractivity contribution < 1.29 is 5.11 Å². The Hall–Kier alpha value is -2.61. The van der Waals surface area contributed by atoms with Crippen molar-refractivity contribution in [2.45, 2.75) is 13.8 Å². The van der Waals surface area contributed by atoms with Crippen LogP contribution in [0.5, 0.6) is 5.75 Å². The van der Waals surface area contributed by atoms with Gasteiger partial charge in [-0.05, 0) is 42.5 Å². The van der Waals surface area contributed by atoms with E-state index in [-0.39, 0.29) is 5.75 Å². The first-order valence-electron chi connectivity index (χ1n) is 6.97. The summed E-state index contributed by atoms with van der Waals surface area (Å²) in [7, 11) is 0. The van der Waals surface area contributed by atoms with E-state index in [1.165, 1.54) is 5.56 Å². The predicted molar refractivity (Wildman–Crippen MR) is 88.8 cm³/mol.